The standard InChI is InChI=1S/C20H26ClN3O2S/c21-15-10-8-14(9-11-15)18(25)22-13-12-17-19(26)24-20(27-17)23-16-6-4-2-1-3-5-7-16/h8-11,16-17H,1-7,12-13H2,(H,22,25)(H,23,24,26). The summed E-state index contributed by atoms with van der Waals surface area (Å²) in [6.07, 6.45) is 9.16. The molecule has 0 aromatic heterocycles. The molecule has 1 heterocycles. The molecule has 2 amide bonds. The van der Waals surface area contributed by atoms with E-state index in [0.29, 0.717) is 29.6 Å². The maximum absolute atomic E-state index is 12.2. The molecule has 27 heavy (non-hydrogen) atoms. The Bertz CT molecular complexity index is 685. The van der Waals surface area contributed by atoms with Crippen molar-refractivity contribution in [2.24, 2.45) is 4.99 Å². The monoisotopic (exact) mass is 407 g/mol. The molecule has 1 aliphatic carbocycles. The first kappa shape index (κ1) is 20.2. The Hall–Kier alpha value is -1.53. The highest BCUT2D eigenvalue weighted by Gasteiger charge is 2.30. The van der Waals surface area contributed by atoms with Crippen LogP contribution in [0.25, 0.3) is 0 Å². The summed E-state index contributed by atoms with van der Waals surface area (Å²) in [5.74, 6) is -0.163. The third-order valence-corrected chi connectivity index (χ3v) is 6.37. The fourth-order valence-electron chi connectivity index (χ4n) is 3.41. The molecular formula is C20H26ClN3O2S. The van der Waals surface area contributed by atoms with Gasteiger partial charge in [-0.05, 0) is 43.5 Å². The number of rotatable bonds is 5. The van der Waals surface area contributed by atoms with E-state index in [4.69, 9.17) is 16.6 Å². The maximum Gasteiger partial charge on any atom is 0.251 e. The topological polar surface area (TPSA) is 70.6 Å². The fraction of sp³-hybridized carbons (Fsp3) is 0.550. The molecule has 1 aromatic carbocycles. The molecule has 2 aliphatic rings. The lowest BCUT2D eigenvalue weighted by Gasteiger charge is -2.16. The van der Waals surface area contributed by atoms with Crippen LogP contribution in [-0.4, -0.2) is 34.8 Å². The van der Waals surface area contributed by atoms with Gasteiger partial charge < -0.3 is 10.6 Å². The van der Waals surface area contributed by atoms with Crippen LogP contribution in [0.5, 0.6) is 0 Å². The summed E-state index contributed by atoms with van der Waals surface area (Å²) < 4.78 is 0. The Morgan fingerprint density at radius 1 is 1.15 bits per heavy atom. The van der Waals surface area contributed by atoms with Crippen LogP contribution in [-0.2, 0) is 4.79 Å². The van der Waals surface area contributed by atoms with Crippen LogP contribution in [0.2, 0.25) is 5.02 Å². The van der Waals surface area contributed by atoms with E-state index < -0.39 is 0 Å². The number of hydrogen-bond donors (Lipinski definition) is 2. The normalized spacial score (nSPS) is 22.9. The van der Waals surface area contributed by atoms with E-state index in [0.717, 1.165) is 18.0 Å². The van der Waals surface area contributed by atoms with Crippen LogP contribution in [0.4, 0.5) is 0 Å². The van der Waals surface area contributed by atoms with E-state index in [2.05, 4.69) is 10.6 Å². The highest BCUT2D eigenvalue weighted by Crippen LogP contribution is 2.25. The molecule has 1 aromatic rings. The molecule has 7 heteroatoms. The van der Waals surface area contributed by atoms with Crippen molar-refractivity contribution in [3.05, 3.63) is 34.9 Å². The third kappa shape index (κ3) is 6.25. The maximum atomic E-state index is 12.2. The molecule has 5 nitrogen and oxygen atoms in total. The lowest BCUT2D eigenvalue weighted by atomic mass is 9.97. The molecule has 1 unspecified atom stereocenters. The second-order valence-electron chi connectivity index (χ2n) is 7.08. The van der Waals surface area contributed by atoms with Crippen LogP contribution in [0.1, 0.15) is 61.7 Å². The molecule has 1 aliphatic heterocycles. The summed E-state index contributed by atoms with van der Waals surface area (Å²) in [6, 6.07) is 7.09. The molecule has 0 spiro atoms. The molecule has 1 saturated heterocycles. The van der Waals surface area contributed by atoms with Crippen LogP contribution in [0.3, 0.4) is 0 Å². The molecule has 1 saturated carbocycles. The number of nitrogens with zero attached hydrogens (tertiary/aromatic N) is 1. The Balaban J connectivity index is 1.45. The third-order valence-electron chi connectivity index (χ3n) is 4.95. The molecular weight excluding hydrogens is 382 g/mol. The number of carbonyl (C=O) groups excluding carboxylic acids is 2. The minimum Gasteiger partial charge on any atom is -0.352 e. The number of hydrogen-bond acceptors (Lipinski definition) is 4. The van der Waals surface area contributed by atoms with E-state index in [1.54, 1.807) is 24.3 Å². The summed E-state index contributed by atoms with van der Waals surface area (Å²) in [6.45, 7) is 0.448. The molecule has 0 bridgehead atoms. The van der Waals surface area contributed by atoms with Gasteiger partial charge in [0.25, 0.3) is 5.91 Å². The van der Waals surface area contributed by atoms with Gasteiger partial charge >= 0.3 is 0 Å². The zero-order valence-electron chi connectivity index (χ0n) is 15.4. The van der Waals surface area contributed by atoms with Crippen LogP contribution < -0.4 is 10.6 Å². The number of amides is 2. The van der Waals surface area contributed by atoms with Gasteiger partial charge in [0.05, 0.1) is 11.3 Å². The van der Waals surface area contributed by atoms with E-state index >= 15 is 0 Å². The largest absolute Gasteiger partial charge is 0.352 e. The Kier molecular flexibility index (Phi) is 7.59. The first-order valence-corrected chi connectivity index (χ1v) is 11.0. The van der Waals surface area contributed by atoms with Crippen molar-refractivity contribution in [1.82, 2.24) is 10.6 Å². The Morgan fingerprint density at radius 2 is 1.81 bits per heavy atom. The van der Waals surface area contributed by atoms with Gasteiger partial charge in [-0.15, -0.1) is 0 Å². The quantitative estimate of drug-likeness (QED) is 0.769. The first-order chi connectivity index (χ1) is 13.1. The lowest BCUT2D eigenvalue weighted by Crippen LogP contribution is -2.30. The Labute approximate surface area is 169 Å². The number of benzene rings is 1. The smallest absolute Gasteiger partial charge is 0.251 e. The van der Waals surface area contributed by atoms with Gasteiger partial charge in [-0.2, -0.15) is 0 Å². The average Bonchev–Trinajstić information content (AvgIpc) is 2.97. The number of nitrogens with one attached hydrogen (secondary N) is 2. The summed E-state index contributed by atoms with van der Waals surface area (Å²) in [7, 11) is 0. The van der Waals surface area contributed by atoms with Gasteiger partial charge in [-0.1, -0.05) is 55.5 Å². The summed E-state index contributed by atoms with van der Waals surface area (Å²) in [4.78, 5) is 29.1. The van der Waals surface area contributed by atoms with Crippen molar-refractivity contribution >= 4 is 40.3 Å². The summed E-state index contributed by atoms with van der Waals surface area (Å²) >= 11 is 7.33. The lowest BCUT2D eigenvalue weighted by molar-refractivity contribution is -0.118. The van der Waals surface area contributed by atoms with Gasteiger partial charge in [-0.25, -0.2) is 0 Å². The highest BCUT2D eigenvalue weighted by molar-refractivity contribution is 8.15. The number of thioether (sulfide) groups is 1. The van der Waals surface area contributed by atoms with Crippen molar-refractivity contribution in [3.63, 3.8) is 0 Å². The second-order valence-corrected chi connectivity index (χ2v) is 8.71. The van der Waals surface area contributed by atoms with Gasteiger partial charge in [0.1, 0.15) is 0 Å². The molecule has 146 valence electrons. The van der Waals surface area contributed by atoms with Gasteiger partial charge in [0.15, 0.2) is 5.17 Å². The second kappa shape index (κ2) is 10.1. The minimum absolute atomic E-state index is 0.00895. The van der Waals surface area contributed by atoms with Crippen molar-refractivity contribution in [3.8, 4) is 0 Å². The van der Waals surface area contributed by atoms with Crippen LogP contribution >= 0.6 is 23.4 Å². The van der Waals surface area contributed by atoms with Gasteiger partial charge in [0, 0.05) is 17.1 Å². The number of amidine groups is 1. The van der Waals surface area contributed by atoms with Crippen molar-refractivity contribution in [2.75, 3.05) is 6.54 Å². The zero-order chi connectivity index (χ0) is 19.1. The first-order valence-electron chi connectivity index (χ1n) is 9.71. The van der Waals surface area contributed by atoms with Gasteiger partial charge in [-0.3, -0.25) is 14.6 Å². The van der Waals surface area contributed by atoms with E-state index in [1.165, 1.54) is 43.9 Å². The van der Waals surface area contributed by atoms with E-state index in [1.807, 2.05) is 0 Å². The number of halogens is 1. The summed E-state index contributed by atoms with van der Waals surface area (Å²) in [5.41, 5.74) is 0.564. The number of carbonyl (C=O) groups is 2. The molecule has 2 fully saturated rings. The molecule has 1 atom stereocenters. The average molecular weight is 408 g/mol. The van der Waals surface area contributed by atoms with E-state index in [-0.39, 0.29) is 17.1 Å². The predicted molar refractivity (Wildman–Crippen MR) is 111 cm³/mol. The SMILES string of the molecule is O=C(NCCC1SC(=NC2CCCCCCC2)NC1=O)c1ccc(Cl)cc1. The van der Waals surface area contributed by atoms with Crippen molar-refractivity contribution in [2.45, 2.75) is 62.7 Å². The predicted octanol–water partition coefficient (Wildman–Crippen LogP) is 4.16. The molecule has 0 radical (unpaired) electrons. The fourth-order valence-corrected chi connectivity index (χ4v) is 4.57. The highest BCUT2D eigenvalue weighted by atomic mass is 35.5. The molecule has 2 N–H and O–H groups in total. The zero-order valence-corrected chi connectivity index (χ0v) is 17.0. The number of aliphatic imine (C=N–C) groups is 1. The summed E-state index contributed by atoms with van der Waals surface area (Å²) in [5, 5.41) is 6.93. The van der Waals surface area contributed by atoms with Crippen LogP contribution in [0, 0.1) is 0 Å². The van der Waals surface area contributed by atoms with Crippen molar-refractivity contribution in [1.29, 1.82) is 0 Å². The minimum atomic E-state index is -0.192. The molecule has 3 rings (SSSR count). The van der Waals surface area contributed by atoms with Gasteiger partial charge in [0.2, 0.25) is 5.91 Å². The van der Waals surface area contributed by atoms with Crippen LogP contribution in [0.15, 0.2) is 29.3 Å². The van der Waals surface area contributed by atoms with E-state index in [9.17, 15) is 9.59 Å². The van der Waals surface area contributed by atoms with Crippen molar-refractivity contribution < 1.29 is 9.59 Å². The Morgan fingerprint density at radius 3 is 2.52 bits per heavy atom.